The summed E-state index contributed by atoms with van der Waals surface area (Å²) in [6.07, 6.45) is 3.93. The molecule has 0 atom stereocenters. The molecule has 4 nitrogen and oxygen atoms in total. The summed E-state index contributed by atoms with van der Waals surface area (Å²) in [5, 5.41) is 6.12. The number of amides is 1. The molecule has 1 amide bonds. The highest BCUT2D eigenvalue weighted by molar-refractivity contribution is 6.29. The van der Waals surface area contributed by atoms with Gasteiger partial charge in [-0.25, -0.2) is 4.98 Å². The average Bonchev–Trinajstić information content (AvgIpc) is 2.74. The molecule has 0 unspecified atom stereocenters. The monoisotopic (exact) mass is 391 g/mol. The highest BCUT2D eigenvalue weighted by Crippen LogP contribution is 2.43. The lowest BCUT2D eigenvalue weighted by atomic mass is 9.67. The van der Waals surface area contributed by atoms with Crippen molar-refractivity contribution in [1.29, 1.82) is 0 Å². The van der Waals surface area contributed by atoms with Crippen LogP contribution in [0.3, 0.4) is 0 Å². The fourth-order valence-corrected chi connectivity index (χ4v) is 4.90. The molecule has 2 aliphatic heterocycles. The SMILES string of the molecule is O=C1NCC2(CCN(Cc3ccc(Cl)nc3)CC2)c2c1ccc1ccccc21. The standard InChI is InChI=1S/C23H22ClN3O/c24-20-8-5-16(13-25-20)14-27-11-9-23(10-12-27)15-26-22(28)19-7-6-17-3-1-2-4-18(17)21(19)23/h1-8,13H,9-12,14-15H2,(H,26,28). The third-order valence-electron chi connectivity index (χ3n) is 6.30. The van der Waals surface area contributed by atoms with E-state index in [2.05, 4.69) is 45.5 Å². The first-order chi connectivity index (χ1) is 13.6. The Kier molecular flexibility index (Phi) is 4.33. The van der Waals surface area contributed by atoms with Crippen LogP contribution in [0, 0.1) is 0 Å². The highest BCUT2D eigenvalue weighted by atomic mass is 35.5. The van der Waals surface area contributed by atoms with Crippen LogP contribution < -0.4 is 5.32 Å². The van der Waals surface area contributed by atoms with E-state index in [9.17, 15) is 4.79 Å². The second kappa shape index (κ2) is 6.87. The molecule has 5 rings (SSSR count). The van der Waals surface area contributed by atoms with Gasteiger partial charge in [0.05, 0.1) is 0 Å². The van der Waals surface area contributed by atoms with Gasteiger partial charge in [-0.05, 0) is 60.0 Å². The summed E-state index contributed by atoms with van der Waals surface area (Å²) in [6.45, 7) is 3.61. The molecule has 1 fully saturated rings. The fraction of sp³-hybridized carbons (Fsp3) is 0.304. The number of carbonyl (C=O) groups excluding carboxylic acids is 1. The van der Waals surface area contributed by atoms with Crippen molar-refractivity contribution in [3.05, 3.63) is 76.6 Å². The van der Waals surface area contributed by atoms with Crippen LogP contribution in [0.4, 0.5) is 0 Å². The molecule has 1 N–H and O–H groups in total. The molecule has 0 radical (unpaired) electrons. The van der Waals surface area contributed by atoms with Crippen molar-refractivity contribution in [2.24, 2.45) is 0 Å². The summed E-state index contributed by atoms with van der Waals surface area (Å²) in [4.78, 5) is 19.2. The maximum absolute atomic E-state index is 12.5. The molecule has 1 spiro atoms. The molecule has 0 saturated carbocycles. The molecule has 2 aromatic carbocycles. The summed E-state index contributed by atoms with van der Waals surface area (Å²) < 4.78 is 0. The van der Waals surface area contributed by atoms with E-state index in [4.69, 9.17) is 11.6 Å². The van der Waals surface area contributed by atoms with Crippen LogP contribution in [0.25, 0.3) is 10.8 Å². The third-order valence-corrected chi connectivity index (χ3v) is 6.52. The van der Waals surface area contributed by atoms with E-state index in [1.54, 1.807) is 0 Å². The van der Waals surface area contributed by atoms with Gasteiger partial charge in [0, 0.05) is 30.3 Å². The second-order valence-corrected chi connectivity index (χ2v) is 8.32. The summed E-state index contributed by atoms with van der Waals surface area (Å²) in [7, 11) is 0. The summed E-state index contributed by atoms with van der Waals surface area (Å²) in [5.41, 5.74) is 3.30. The van der Waals surface area contributed by atoms with Gasteiger partial charge in [-0.15, -0.1) is 0 Å². The minimum absolute atomic E-state index is 0.0128. The normalized spacial score (nSPS) is 18.8. The van der Waals surface area contributed by atoms with Crippen LogP contribution in [0.2, 0.25) is 5.15 Å². The predicted molar refractivity (Wildman–Crippen MR) is 112 cm³/mol. The molecule has 0 aliphatic carbocycles. The number of nitrogens with zero attached hydrogens (tertiary/aromatic N) is 2. The van der Waals surface area contributed by atoms with Gasteiger partial charge in [-0.2, -0.15) is 0 Å². The molecule has 1 aromatic heterocycles. The first-order valence-electron chi connectivity index (χ1n) is 9.78. The fourth-order valence-electron chi connectivity index (χ4n) is 4.79. The van der Waals surface area contributed by atoms with Crippen molar-refractivity contribution >= 4 is 28.3 Å². The molecule has 5 heteroatoms. The summed E-state index contributed by atoms with van der Waals surface area (Å²) in [6, 6.07) is 16.4. The Hall–Kier alpha value is -2.43. The van der Waals surface area contributed by atoms with Crippen LogP contribution >= 0.6 is 11.6 Å². The Bertz CT molecular complexity index is 1040. The molecule has 2 aliphatic rings. The average molecular weight is 392 g/mol. The largest absolute Gasteiger partial charge is 0.351 e. The number of fused-ring (bicyclic) bond motifs is 4. The first-order valence-corrected chi connectivity index (χ1v) is 10.2. The van der Waals surface area contributed by atoms with Crippen LogP contribution in [-0.2, 0) is 12.0 Å². The van der Waals surface area contributed by atoms with Gasteiger partial charge in [0.25, 0.3) is 5.91 Å². The van der Waals surface area contributed by atoms with Crippen molar-refractivity contribution in [3.8, 4) is 0 Å². The van der Waals surface area contributed by atoms with Gasteiger partial charge in [0.2, 0.25) is 0 Å². The van der Waals surface area contributed by atoms with Crippen molar-refractivity contribution in [1.82, 2.24) is 15.2 Å². The van der Waals surface area contributed by atoms with E-state index < -0.39 is 0 Å². The van der Waals surface area contributed by atoms with Crippen LogP contribution in [0.1, 0.15) is 34.3 Å². The number of halogens is 1. The molecule has 3 aromatic rings. The molecule has 0 bridgehead atoms. The molecule has 142 valence electrons. The number of nitrogens with one attached hydrogen (secondary N) is 1. The molecule has 28 heavy (non-hydrogen) atoms. The van der Waals surface area contributed by atoms with E-state index >= 15 is 0 Å². The smallest absolute Gasteiger partial charge is 0.251 e. The highest BCUT2D eigenvalue weighted by Gasteiger charge is 2.42. The van der Waals surface area contributed by atoms with E-state index in [0.29, 0.717) is 5.15 Å². The van der Waals surface area contributed by atoms with Crippen LogP contribution in [-0.4, -0.2) is 35.4 Å². The predicted octanol–water partition coefficient (Wildman–Crippen LogP) is 4.17. The Balaban J connectivity index is 1.45. The maximum atomic E-state index is 12.5. The van der Waals surface area contributed by atoms with E-state index in [0.717, 1.165) is 44.6 Å². The lowest BCUT2D eigenvalue weighted by molar-refractivity contribution is 0.0883. The molecular weight excluding hydrogens is 370 g/mol. The number of benzene rings is 2. The Labute approximate surface area is 169 Å². The van der Waals surface area contributed by atoms with Crippen molar-refractivity contribution in [2.75, 3.05) is 19.6 Å². The van der Waals surface area contributed by atoms with Gasteiger partial charge in [0.15, 0.2) is 0 Å². The van der Waals surface area contributed by atoms with Crippen molar-refractivity contribution < 1.29 is 4.79 Å². The maximum Gasteiger partial charge on any atom is 0.251 e. The van der Waals surface area contributed by atoms with Crippen LogP contribution in [0.15, 0.2) is 54.7 Å². The minimum Gasteiger partial charge on any atom is -0.351 e. The number of pyridine rings is 1. The molecule has 1 saturated heterocycles. The number of piperidine rings is 1. The minimum atomic E-state index is 0.0128. The van der Waals surface area contributed by atoms with E-state index in [-0.39, 0.29) is 11.3 Å². The number of hydrogen-bond donors (Lipinski definition) is 1. The van der Waals surface area contributed by atoms with Crippen LogP contribution in [0.5, 0.6) is 0 Å². The van der Waals surface area contributed by atoms with Gasteiger partial charge in [-0.1, -0.05) is 48.0 Å². The molecular formula is C23H22ClN3O. The van der Waals surface area contributed by atoms with Gasteiger partial charge < -0.3 is 5.32 Å². The topological polar surface area (TPSA) is 45.2 Å². The van der Waals surface area contributed by atoms with Gasteiger partial charge >= 0.3 is 0 Å². The van der Waals surface area contributed by atoms with E-state index in [1.807, 2.05) is 24.4 Å². The zero-order valence-corrected chi connectivity index (χ0v) is 16.4. The summed E-state index contributed by atoms with van der Waals surface area (Å²) >= 11 is 5.90. The van der Waals surface area contributed by atoms with E-state index in [1.165, 1.54) is 21.9 Å². The number of carbonyl (C=O) groups is 1. The van der Waals surface area contributed by atoms with Gasteiger partial charge in [-0.3, -0.25) is 9.69 Å². The summed E-state index contributed by atoms with van der Waals surface area (Å²) in [5.74, 6) is 0.0565. The Morgan fingerprint density at radius 3 is 2.68 bits per heavy atom. The first kappa shape index (κ1) is 17.7. The number of hydrogen-bond acceptors (Lipinski definition) is 3. The zero-order chi connectivity index (χ0) is 19.1. The van der Waals surface area contributed by atoms with Crippen molar-refractivity contribution in [3.63, 3.8) is 0 Å². The number of rotatable bonds is 2. The zero-order valence-electron chi connectivity index (χ0n) is 15.6. The lowest BCUT2D eigenvalue weighted by Crippen LogP contribution is -2.52. The second-order valence-electron chi connectivity index (χ2n) is 7.94. The lowest BCUT2D eigenvalue weighted by Gasteiger charge is -2.45. The number of aromatic nitrogens is 1. The Morgan fingerprint density at radius 2 is 1.89 bits per heavy atom. The number of likely N-dealkylation sites (tertiary alicyclic amines) is 1. The quantitative estimate of drug-likeness (QED) is 0.667. The Morgan fingerprint density at radius 1 is 1.07 bits per heavy atom. The van der Waals surface area contributed by atoms with Gasteiger partial charge in [0.1, 0.15) is 5.15 Å². The van der Waals surface area contributed by atoms with Crippen molar-refractivity contribution in [2.45, 2.75) is 24.8 Å². The third kappa shape index (κ3) is 2.97. The molecule has 3 heterocycles.